The molecule has 1 aliphatic heterocycles. The van der Waals surface area contributed by atoms with Gasteiger partial charge in [0.2, 0.25) is 5.91 Å². The minimum Gasteiger partial charge on any atom is -0.313 e. The molecule has 1 saturated heterocycles. The fourth-order valence-corrected chi connectivity index (χ4v) is 5.36. The summed E-state index contributed by atoms with van der Waals surface area (Å²) in [4.78, 5) is 29.1. The summed E-state index contributed by atoms with van der Waals surface area (Å²) < 4.78 is 2.00. The highest BCUT2D eigenvalue weighted by Gasteiger charge is 2.43. The van der Waals surface area contributed by atoms with E-state index in [9.17, 15) is 9.59 Å². The van der Waals surface area contributed by atoms with Crippen LogP contribution in [-0.4, -0.2) is 29.1 Å². The summed E-state index contributed by atoms with van der Waals surface area (Å²) in [6, 6.07) is 12.2. The topological polar surface area (TPSA) is 64.0 Å². The van der Waals surface area contributed by atoms with Crippen molar-refractivity contribution in [3.63, 3.8) is 0 Å². The molecule has 1 fully saturated rings. The summed E-state index contributed by atoms with van der Waals surface area (Å²) in [5.41, 5.74) is 1.71. The lowest BCUT2D eigenvalue weighted by Crippen LogP contribution is -2.56. The van der Waals surface area contributed by atoms with E-state index in [1.807, 2.05) is 54.1 Å². The molecule has 1 aliphatic rings. The summed E-state index contributed by atoms with van der Waals surface area (Å²) in [7, 11) is -2.15. The molecule has 23 heavy (non-hydrogen) atoms. The molecule has 5 nitrogen and oxygen atoms in total. The molecule has 2 amide bonds. The Labute approximate surface area is 134 Å². The van der Waals surface area contributed by atoms with Gasteiger partial charge in [0.1, 0.15) is 11.7 Å². The maximum Gasteiger partial charge on any atom is 0.249 e. The third-order valence-corrected chi connectivity index (χ3v) is 7.40. The van der Waals surface area contributed by atoms with E-state index in [0.717, 1.165) is 21.9 Å². The maximum atomic E-state index is 12.5. The van der Waals surface area contributed by atoms with E-state index in [2.05, 4.69) is 10.3 Å². The first-order valence-electron chi connectivity index (χ1n) is 7.68. The minimum absolute atomic E-state index is 0.0764. The molecular formula is C17H17N3O2Si. The SMILES string of the molecule is C[Si]1(C)CC(n2c3ccccc3c3cccnc32)C(=O)NC1=O. The molecule has 3 aromatic rings. The Kier molecular flexibility index (Phi) is 2.93. The molecule has 6 heteroatoms. The van der Waals surface area contributed by atoms with Crippen LogP contribution in [0.4, 0.5) is 4.79 Å². The lowest BCUT2D eigenvalue weighted by molar-refractivity contribution is -0.122. The van der Waals surface area contributed by atoms with Crippen molar-refractivity contribution >= 4 is 41.4 Å². The lowest BCUT2D eigenvalue weighted by Gasteiger charge is -2.32. The lowest BCUT2D eigenvalue weighted by atomic mass is 10.2. The van der Waals surface area contributed by atoms with Gasteiger partial charge in [0.15, 0.2) is 13.6 Å². The van der Waals surface area contributed by atoms with Crippen LogP contribution in [0.5, 0.6) is 0 Å². The number of pyridine rings is 1. The van der Waals surface area contributed by atoms with Crippen LogP contribution < -0.4 is 5.32 Å². The number of carbonyl (C=O) groups excluding carboxylic acids is 2. The Morgan fingerprint density at radius 3 is 2.70 bits per heavy atom. The quantitative estimate of drug-likeness (QED) is 0.699. The fraction of sp³-hybridized carbons (Fsp3) is 0.235. The smallest absolute Gasteiger partial charge is 0.249 e. The normalized spacial score (nSPS) is 20.9. The Morgan fingerprint density at radius 2 is 1.87 bits per heavy atom. The number of fused-ring (bicyclic) bond motifs is 3. The largest absolute Gasteiger partial charge is 0.313 e. The zero-order chi connectivity index (χ0) is 16.2. The average Bonchev–Trinajstić information content (AvgIpc) is 2.86. The van der Waals surface area contributed by atoms with Crippen LogP contribution in [0.25, 0.3) is 21.9 Å². The van der Waals surface area contributed by atoms with Gasteiger partial charge in [-0.05, 0) is 24.2 Å². The van der Waals surface area contributed by atoms with Crippen molar-refractivity contribution in [2.75, 3.05) is 0 Å². The second kappa shape index (κ2) is 4.76. The highest BCUT2D eigenvalue weighted by molar-refractivity contribution is 7.05. The van der Waals surface area contributed by atoms with E-state index < -0.39 is 8.07 Å². The third-order valence-electron chi connectivity index (χ3n) is 4.64. The van der Waals surface area contributed by atoms with Gasteiger partial charge in [-0.3, -0.25) is 14.9 Å². The van der Waals surface area contributed by atoms with Gasteiger partial charge in [-0.15, -0.1) is 0 Å². The first-order chi connectivity index (χ1) is 11.0. The van der Waals surface area contributed by atoms with Crippen molar-refractivity contribution in [3.8, 4) is 0 Å². The fourth-order valence-electron chi connectivity index (χ4n) is 3.38. The number of hydrogen-bond donors (Lipinski definition) is 1. The molecule has 0 bridgehead atoms. The number of hydrogen-bond acceptors (Lipinski definition) is 3. The molecule has 1 unspecified atom stereocenters. The van der Waals surface area contributed by atoms with Crippen LogP contribution >= 0.6 is 0 Å². The first kappa shape index (κ1) is 14.1. The highest BCUT2D eigenvalue weighted by Crippen LogP contribution is 2.35. The molecule has 0 aliphatic carbocycles. The summed E-state index contributed by atoms with van der Waals surface area (Å²) in [6.07, 6.45) is 1.74. The predicted octanol–water partition coefficient (Wildman–Crippen LogP) is 3.27. The molecular weight excluding hydrogens is 306 g/mol. The zero-order valence-electron chi connectivity index (χ0n) is 13.0. The second-order valence-electron chi connectivity index (χ2n) is 6.68. The van der Waals surface area contributed by atoms with Crippen LogP contribution in [0.1, 0.15) is 6.04 Å². The molecule has 4 rings (SSSR count). The molecule has 0 spiro atoms. The standard InChI is InChI=1S/C17H17N3O2Si/c1-23(2)10-14(16(21)19-17(23)22)20-13-8-4-3-6-11(13)12-7-5-9-18-15(12)20/h3-9,14H,10H2,1-2H3,(H,19,21,22). The Balaban J connectivity index is 2.00. The van der Waals surface area contributed by atoms with Crippen LogP contribution in [0.2, 0.25) is 19.1 Å². The van der Waals surface area contributed by atoms with Crippen LogP contribution in [0.15, 0.2) is 42.6 Å². The van der Waals surface area contributed by atoms with Gasteiger partial charge in [0, 0.05) is 17.0 Å². The first-order valence-corrected chi connectivity index (χ1v) is 10.9. The van der Waals surface area contributed by atoms with Crippen molar-refractivity contribution in [1.82, 2.24) is 14.9 Å². The van der Waals surface area contributed by atoms with Gasteiger partial charge in [0.25, 0.3) is 0 Å². The van der Waals surface area contributed by atoms with Crippen molar-refractivity contribution in [3.05, 3.63) is 42.6 Å². The van der Waals surface area contributed by atoms with E-state index in [1.165, 1.54) is 0 Å². The van der Waals surface area contributed by atoms with E-state index >= 15 is 0 Å². The van der Waals surface area contributed by atoms with Crippen molar-refractivity contribution < 1.29 is 9.59 Å². The monoisotopic (exact) mass is 323 g/mol. The number of para-hydroxylation sites is 1. The van der Waals surface area contributed by atoms with E-state index in [1.54, 1.807) is 6.20 Å². The van der Waals surface area contributed by atoms with Gasteiger partial charge in [-0.1, -0.05) is 31.3 Å². The highest BCUT2D eigenvalue weighted by atomic mass is 28.3. The number of aromatic nitrogens is 2. The zero-order valence-corrected chi connectivity index (χ0v) is 14.0. The molecule has 3 heterocycles. The van der Waals surface area contributed by atoms with Crippen molar-refractivity contribution in [2.45, 2.75) is 25.2 Å². The predicted molar refractivity (Wildman–Crippen MR) is 92.1 cm³/mol. The minimum atomic E-state index is -2.15. The molecule has 0 saturated carbocycles. The van der Waals surface area contributed by atoms with Gasteiger partial charge < -0.3 is 4.57 Å². The van der Waals surface area contributed by atoms with Gasteiger partial charge >= 0.3 is 0 Å². The average molecular weight is 323 g/mol. The Bertz CT molecular complexity index is 908. The molecule has 116 valence electrons. The van der Waals surface area contributed by atoms with Crippen LogP contribution in [-0.2, 0) is 4.79 Å². The third kappa shape index (κ3) is 2.02. The number of nitrogens with one attached hydrogen (secondary N) is 1. The Morgan fingerprint density at radius 1 is 1.13 bits per heavy atom. The number of nitrogens with zero attached hydrogens (tertiary/aromatic N) is 2. The molecule has 1 N–H and O–H groups in total. The van der Waals surface area contributed by atoms with Gasteiger partial charge in [-0.2, -0.15) is 0 Å². The van der Waals surface area contributed by atoms with Gasteiger partial charge in [-0.25, -0.2) is 4.98 Å². The summed E-state index contributed by atoms with van der Waals surface area (Å²) in [5.74, 6) is -0.227. The second-order valence-corrected chi connectivity index (χ2v) is 11.3. The number of benzene rings is 1. The number of imide groups is 1. The van der Waals surface area contributed by atoms with Gasteiger partial charge in [0.05, 0.1) is 5.52 Å². The number of carbonyl (C=O) groups is 2. The van der Waals surface area contributed by atoms with E-state index in [4.69, 9.17) is 0 Å². The Hall–Kier alpha value is -2.47. The molecule has 0 radical (unpaired) electrons. The summed E-state index contributed by atoms with van der Waals surface area (Å²) >= 11 is 0. The van der Waals surface area contributed by atoms with Crippen LogP contribution in [0.3, 0.4) is 0 Å². The van der Waals surface area contributed by atoms with Crippen molar-refractivity contribution in [1.29, 1.82) is 0 Å². The number of amides is 2. The summed E-state index contributed by atoms with van der Waals surface area (Å²) in [6.45, 7) is 4.01. The maximum absolute atomic E-state index is 12.5. The van der Waals surface area contributed by atoms with E-state index in [-0.39, 0.29) is 17.5 Å². The summed E-state index contributed by atoms with van der Waals surface area (Å²) in [5, 5.41) is 4.69. The van der Waals surface area contributed by atoms with Crippen molar-refractivity contribution in [2.24, 2.45) is 0 Å². The number of rotatable bonds is 1. The van der Waals surface area contributed by atoms with Crippen LogP contribution in [0, 0.1) is 0 Å². The molecule has 2 aromatic heterocycles. The molecule has 1 atom stereocenters. The molecule has 1 aromatic carbocycles. The van der Waals surface area contributed by atoms with E-state index in [0.29, 0.717) is 6.04 Å².